The quantitative estimate of drug-likeness (QED) is 0.758. The number of nitrogen functional groups attached to an aromatic ring is 1. The number of anilines is 1. The highest BCUT2D eigenvalue weighted by atomic mass is 16.1. The van der Waals surface area contributed by atoms with Gasteiger partial charge < -0.3 is 11.1 Å². The van der Waals surface area contributed by atoms with E-state index in [0.717, 1.165) is 16.5 Å². The number of benzene rings is 1. The summed E-state index contributed by atoms with van der Waals surface area (Å²) >= 11 is 0. The molecule has 21 heavy (non-hydrogen) atoms. The van der Waals surface area contributed by atoms with Crippen molar-refractivity contribution >= 4 is 22.5 Å². The van der Waals surface area contributed by atoms with E-state index in [0.29, 0.717) is 18.1 Å². The highest BCUT2D eigenvalue weighted by Crippen LogP contribution is 2.19. The van der Waals surface area contributed by atoms with Crippen LogP contribution in [0.5, 0.6) is 0 Å². The van der Waals surface area contributed by atoms with Crippen LogP contribution in [0, 0.1) is 0 Å². The molecule has 0 radical (unpaired) electrons. The molecule has 3 rings (SSSR count). The van der Waals surface area contributed by atoms with Crippen molar-refractivity contribution in [1.82, 2.24) is 20.3 Å². The van der Waals surface area contributed by atoms with Gasteiger partial charge in [0.15, 0.2) is 0 Å². The van der Waals surface area contributed by atoms with Crippen LogP contribution in [0.4, 0.5) is 5.82 Å². The van der Waals surface area contributed by atoms with Crippen LogP contribution in [0.1, 0.15) is 16.2 Å². The number of carbonyl (C=O) groups excluding carboxylic acids is 1. The Kier molecular flexibility index (Phi) is 3.42. The maximum atomic E-state index is 12.1. The van der Waals surface area contributed by atoms with Crippen molar-refractivity contribution in [3.8, 4) is 0 Å². The van der Waals surface area contributed by atoms with Crippen LogP contribution in [-0.4, -0.2) is 20.9 Å². The van der Waals surface area contributed by atoms with Crippen LogP contribution in [0.2, 0.25) is 0 Å². The molecule has 3 aromatic rings. The third kappa shape index (κ3) is 2.79. The van der Waals surface area contributed by atoms with Crippen molar-refractivity contribution in [2.24, 2.45) is 0 Å². The molecule has 6 heteroatoms. The summed E-state index contributed by atoms with van der Waals surface area (Å²) in [7, 11) is 0. The van der Waals surface area contributed by atoms with Gasteiger partial charge in [-0.1, -0.05) is 24.3 Å². The number of fused-ring (bicyclic) bond motifs is 1. The second-order valence-corrected chi connectivity index (χ2v) is 4.50. The molecule has 104 valence electrons. The first kappa shape index (κ1) is 13.0. The van der Waals surface area contributed by atoms with Crippen LogP contribution in [0.3, 0.4) is 0 Å². The van der Waals surface area contributed by atoms with Crippen molar-refractivity contribution < 1.29 is 4.79 Å². The van der Waals surface area contributed by atoms with Crippen molar-refractivity contribution in [1.29, 1.82) is 0 Å². The third-order valence-electron chi connectivity index (χ3n) is 3.08. The molecule has 1 aromatic carbocycles. The first-order valence-electron chi connectivity index (χ1n) is 6.42. The molecular weight excluding hydrogens is 266 g/mol. The molecule has 3 N–H and O–H groups in total. The molecular formula is C15H13N5O. The molecule has 2 aromatic heterocycles. The number of nitrogens with two attached hydrogens (primary N) is 1. The van der Waals surface area contributed by atoms with E-state index in [-0.39, 0.29) is 5.91 Å². The number of hydrogen-bond acceptors (Lipinski definition) is 5. The van der Waals surface area contributed by atoms with Gasteiger partial charge in [0.1, 0.15) is 17.8 Å². The van der Waals surface area contributed by atoms with E-state index >= 15 is 0 Å². The summed E-state index contributed by atoms with van der Waals surface area (Å²) in [6.07, 6.45) is 3.06. The molecule has 0 bridgehead atoms. The van der Waals surface area contributed by atoms with Crippen molar-refractivity contribution in [2.45, 2.75) is 6.54 Å². The number of nitrogens with zero attached hydrogens (tertiary/aromatic N) is 3. The Morgan fingerprint density at radius 3 is 2.90 bits per heavy atom. The summed E-state index contributed by atoms with van der Waals surface area (Å²) < 4.78 is 0. The number of carbonyl (C=O) groups is 1. The van der Waals surface area contributed by atoms with Crippen molar-refractivity contribution in [2.75, 3.05) is 5.73 Å². The SMILES string of the molecule is Nc1nc(C(=O)NCc2ccncn2)cc2ccccc12. The van der Waals surface area contributed by atoms with Crippen LogP contribution < -0.4 is 11.1 Å². The molecule has 0 aliphatic rings. The van der Waals surface area contributed by atoms with E-state index in [1.165, 1.54) is 6.33 Å². The zero-order valence-electron chi connectivity index (χ0n) is 11.2. The van der Waals surface area contributed by atoms with Gasteiger partial charge in [-0.05, 0) is 17.5 Å². The average Bonchev–Trinajstić information content (AvgIpc) is 2.53. The lowest BCUT2D eigenvalue weighted by Crippen LogP contribution is -2.24. The Hall–Kier alpha value is -3.02. The van der Waals surface area contributed by atoms with Crippen LogP contribution >= 0.6 is 0 Å². The lowest BCUT2D eigenvalue weighted by molar-refractivity contribution is 0.0945. The molecule has 0 atom stereocenters. The van der Waals surface area contributed by atoms with Crippen LogP contribution in [0.15, 0.2) is 48.9 Å². The summed E-state index contributed by atoms with van der Waals surface area (Å²) in [5.74, 6) is 0.0614. The van der Waals surface area contributed by atoms with Crippen molar-refractivity contribution in [3.63, 3.8) is 0 Å². The highest BCUT2D eigenvalue weighted by Gasteiger charge is 2.10. The number of pyridine rings is 1. The molecule has 0 aliphatic heterocycles. The van der Waals surface area contributed by atoms with Gasteiger partial charge in [0.2, 0.25) is 0 Å². The minimum atomic E-state index is -0.286. The van der Waals surface area contributed by atoms with E-state index in [2.05, 4.69) is 20.3 Å². The average molecular weight is 279 g/mol. The molecule has 0 saturated carbocycles. The number of rotatable bonds is 3. The van der Waals surface area contributed by atoms with Crippen LogP contribution in [0.25, 0.3) is 10.8 Å². The van der Waals surface area contributed by atoms with Crippen LogP contribution in [-0.2, 0) is 6.54 Å². The Bertz CT molecular complexity index is 788. The Balaban J connectivity index is 1.81. The van der Waals surface area contributed by atoms with Gasteiger partial charge in [0, 0.05) is 11.6 Å². The fourth-order valence-electron chi connectivity index (χ4n) is 2.03. The third-order valence-corrected chi connectivity index (χ3v) is 3.08. The van der Waals surface area contributed by atoms with E-state index < -0.39 is 0 Å². The maximum absolute atomic E-state index is 12.1. The molecule has 0 fully saturated rings. The summed E-state index contributed by atoms with van der Waals surface area (Å²) in [5.41, 5.74) is 6.91. The zero-order chi connectivity index (χ0) is 14.7. The van der Waals surface area contributed by atoms with Gasteiger partial charge in [0.25, 0.3) is 5.91 Å². The summed E-state index contributed by atoms with van der Waals surface area (Å²) in [6, 6.07) is 11.0. The highest BCUT2D eigenvalue weighted by molar-refractivity contribution is 5.99. The van der Waals surface area contributed by atoms with Gasteiger partial charge in [-0.3, -0.25) is 4.79 Å². The Morgan fingerprint density at radius 1 is 1.24 bits per heavy atom. The van der Waals surface area contributed by atoms with Gasteiger partial charge in [-0.15, -0.1) is 0 Å². The minimum Gasteiger partial charge on any atom is -0.383 e. The maximum Gasteiger partial charge on any atom is 0.270 e. The van der Waals surface area contributed by atoms with E-state index in [9.17, 15) is 4.79 Å². The predicted molar refractivity (Wildman–Crippen MR) is 79.4 cm³/mol. The largest absolute Gasteiger partial charge is 0.383 e. The fourth-order valence-corrected chi connectivity index (χ4v) is 2.03. The monoisotopic (exact) mass is 279 g/mol. The molecule has 2 heterocycles. The van der Waals surface area contributed by atoms with E-state index in [1.54, 1.807) is 18.3 Å². The molecule has 6 nitrogen and oxygen atoms in total. The standard InChI is InChI=1S/C15H13N5O/c16-14-12-4-2-1-3-10(12)7-13(20-14)15(21)18-8-11-5-6-17-9-19-11/h1-7,9H,8H2,(H2,16,20)(H,18,21). The minimum absolute atomic E-state index is 0.286. The lowest BCUT2D eigenvalue weighted by Gasteiger charge is -2.07. The number of aromatic nitrogens is 3. The number of amides is 1. The molecule has 1 amide bonds. The summed E-state index contributed by atoms with van der Waals surface area (Å²) in [6.45, 7) is 0.315. The first-order valence-corrected chi connectivity index (χ1v) is 6.42. The number of hydrogen-bond donors (Lipinski definition) is 2. The predicted octanol–water partition coefficient (Wildman–Crippen LogP) is 1.54. The zero-order valence-corrected chi connectivity index (χ0v) is 11.2. The smallest absolute Gasteiger partial charge is 0.270 e. The van der Waals surface area contributed by atoms with E-state index in [1.807, 2.05) is 24.3 Å². The normalized spacial score (nSPS) is 10.5. The Labute approximate surface area is 121 Å². The molecule has 0 aliphatic carbocycles. The molecule has 0 unspecified atom stereocenters. The Morgan fingerprint density at radius 2 is 2.10 bits per heavy atom. The molecule has 0 saturated heterocycles. The van der Waals surface area contributed by atoms with Crippen molar-refractivity contribution in [3.05, 3.63) is 60.3 Å². The topological polar surface area (TPSA) is 93.8 Å². The summed E-state index contributed by atoms with van der Waals surface area (Å²) in [5, 5.41) is 4.48. The fraction of sp³-hybridized carbons (Fsp3) is 0.0667. The van der Waals surface area contributed by atoms with Gasteiger partial charge >= 0.3 is 0 Å². The van der Waals surface area contributed by atoms with Gasteiger partial charge in [-0.2, -0.15) is 0 Å². The second kappa shape index (κ2) is 5.54. The lowest BCUT2D eigenvalue weighted by atomic mass is 10.1. The number of nitrogens with one attached hydrogen (secondary N) is 1. The van der Waals surface area contributed by atoms with Gasteiger partial charge in [0.05, 0.1) is 12.2 Å². The van der Waals surface area contributed by atoms with E-state index in [4.69, 9.17) is 5.73 Å². The molecule has 0 spiro atoms. The van der Waals surface area contributed by atoms with Gasteiger partial charge in [-0.25, -0.2) is 15.0 Å². The summed E-state index contributed by atoms with van der Waals surface area (Å²) in [4.78, 5) is 24.2. The second-order valence-electron chi connectivity index (χ2n) is 4.50. The first-order chi connectivity index (χ1) is 10.2.